The molecule has 0 saturated carbocycles. The van der Waals surface area contributed by atoms with Gasteiger partial charge in [-0.1, -0.05) is 42.5 Å². The number of nitrogens with zero attached hydrogens (tertiary/aromatic N) is 2. The molecule has 158 valence electrons. The highest BCUT2D eigenvalue weighted by Gasteiger charge is 2.54. The van der Waals surface area contributed by atoms with Crippen LogP contribution in [0, 0.1) is 0 Å². The van der Waals surface area contributed by atoms with Crippen LogP contribution in [0.25, 0.3) is 6.08 Å². The van der Waals surface area contributed by atoms with Gasteiger partial charge >= 0.3 is 5.97 Å². The Labute approximate surface area is 184 Å². The lowest BCUT2D eigenvalue weighted by Crippen LogP contribution is -2.70. The number of methoxy groups -OCH3 is 1. The van der Waals surface area contributed by atoms with Gasteiger partial charge in [-0.15, -0.1) is 11.8 Å². The Kier molecular flexibility index (Phi) is 6.18. The van der Waals surface area contributed by atoms with Gasteiger partial charge in [0.25, 0.3) is 5.91 Å². The molecule has 3 heterocycles. The molecular formula is C23H21N3O4S. The second-order valence-electron chi connectivity index (χ2n) is 7.10. The number of amides is 2. The monoisotopic (exact) mass is 435 g/mol. The number of allylic oxidation sites excluding steroid dienone is 1. The van der Waals surface area contributed by atoms with Crippen molar-refractivity contribution in [2.45, 2.75) is 17.8 Å². The lowest BCUT2D eigenvalue weighted by Gasteiger charge is -2.49. The average molecular weight is 436 g/mol. The van der Waals surface area contributed by atoms with E-state index >= 15 is 0 Å². The van der Waals surface area contributed by atoms with Gasteiger partial charge in [0.1, 0.15) is 17.1 Å². The van der Waals surface area contributed by atoms with Crippen LogP contribution in [0.1, 0.15) is 11.1 Å². The summed E-state index contributed by atoms with van der Waals surface area (Å²) in [6, 6.07) is 12.4. The number of thioether (sulfide) groups is 1. The summed E-state index contributed by atoms with van der Waals surface area (Å²) in [5.74, 6) is -0.585. The first-order chi connectivity index (χ1) is 15.1. The summed E-state index contributed by atoms with van der Waals surface area (Å²) in [6.07, 6.45) is 7.25. The molecule has 1 N–H and O–H groups in total. The molecule has 0 radical (unpaired) electrons. The van der Waals surface area contributed by atoms with E-state index in [1.807, 2.05) is 54.6 Å². The summed E-state index contributed by atoms with van der Waals surface area (Å²) in [7, 11) is 1.29. The number of pyridine rings is 1. The average Bonchev–Trinajstić information content (AvgIpc) is 2.81. The van der Waals surface area contributed by atoms with Gasteiger partial charge in [0.2, 0.25) is 5.91 Å². The zero-order valence-corrected chi connectivity index (χ0v) is 17.7. The summed E-state index contributed by atoms with van der Waals surface area (Å²) in [4.78, 5) is 43.2. The molecule has 7 nitrogen and oxygen atoms in total. The predicted molar refractivity (Wildman–Crippen MR) is 117 cm³/mol. The first-order valence-electron chi connectivity index (χ1n) is 9.76. The SMILES string of the molecule is COC(=O)C1=C(/C=C/c2ccncc2)CS[C@@H]2[C@H](NC(=O)Cc3ccccc3)C(=O)N12. The highest BCUT2D eigenvalue weighted by Crippen LogP contribution is 2.41. The van der Waals surface area contributed by atoms with Crippen molar-refractivity contribution in [2.24, 2.45) is 0 Å². The molecule has 1 aromatic carbocycles. The van der Waals surface area contributed by atoms with Crippen molar-refractivity contribution in [3.05, 3.63) is 83.3 Å². The highest BCUT2D eigenvalue weighted by molar-refractivity contribution is 8.00. The molecule has 1 fully saturated rings. The Balaban J connectivity index is 1.50. The number of carbonyl (C=O) groups excluding carboxylic acids is 3. The summed E-state index contributed by atoms with van der Waals surface area (Å²) in [5, 5.41) is 2.48. The number of rotatable bonds is 6. The van der Waals surface area contributed by atoms with E-state index in [1.165, 1.54) is 23.8 Å². The lowest BCUT2D eigenvalue weighted by atomic mass is 10.0. The fourth-order valence-corrected chi connectivity index (χ4v) is 4.85. The summed E-state index contributed by atoms with van der Waals surface area (Å²) >= 11 is 1.51. The van der Waals surface area contributed by atoms with Crippen molar-refractivity contribution in [1.29, 1.82) is 0 Å². The molecule has 1 saturated heterocycles. The third-order valence-corrected chi connectivity index (χ3v) is 6.39. The fourth-order valence-electron chi connectivity index (χ4n) is 3.53. The first kappa shape index (κ1) is 20.9. The molecule has 0 spiro atoms. The van der Waals surface area contributed by atoms with Crippen molar-refractivity contribution < 1.29 is 19.1 Å². The van der Waals surface area contributed by atoms with Crippen LogP contribution in [0.4, 0.5) is 0 Å². The van der Waals surface area contributed by atoms with Crippen molar-refractivity contribution >= 4 is 35.6 Å². The molecule has 2 amide bonds. The van der Waals surface area contributed by atoms with Crippen LogP contribution in [0.15, 0.2) is 72.2 Å². The van der Waals surface area contributed by atoms with Crippen LogP contribution in [-0.4, -0.2) is 51.9 Å². The van der Waals surface area contributed by atoms with Gasteiger partial charge in [-0.25, -0.2) is 4.79 Å². The number of nitrogens with one attached hydrogen (secondary N) is 1. The van der Waals surface area contributed by atoms with Gasteiger partial charge in [-0.2, -0.15) is 0 Å². The molecule has 31 heavy (non-hydrogen) atoms. The van der Waals surface area contributed by atoms with Gasteiger partial charge in [-0.05, 0) is 28.8 Å². The van der Waals surface area contributed by atoms with E-state index in [0.29, 0.717) is 11.3 Å². The van der Waals surface area contributed by atoms with Gasteiger partial charge < -0.3 is 10.1 Å². The smallest absolute Gasteiger partial charge is 0.355 e. The third kappa shape index (κ3) is 4.39. The second kappa shape index (κ2) is 9.18. The van der Waals surface area contributed by atoms with Crippen molar-refractivity contribution in [3.63, 3.8) is 0 Å². The Morgan fingerprint density at radius 2 is 1.94 bits per heavy atom. The maximum absolute atomic E-state index is 12.9. The quantitative estimate of drug-likeness (QED) is 0.553. The van der Waals surface area contributed by atoms with E-state index in [9.17, 15) is 14.4 Å². The van der Waals surface area contributed by atoms with E-state index < -0.39 is 12.0 Å². The zero-order valence-electron chi connectivity index (χ0n) is 16.9. The van der Waals surface area contributed by atoms with E-state index in [2.05, 4.69) is 10.3 Å². The van der Waals surface area contributed by atoms with Crippen LogP contribution in [0.3, 0.4) is 0 Å². The maximum Gasteiger partial charge on any atom is 0.355 e. The molecular weight excluding hydrogens is 414 g/mol. The minimum atomic E-state index is -0.661. The van der Waals surface area contributed by atoms with Gasteiger partial charge in [0.05, 0.1) is 13.5 Å². The van der Waals surface area contributed by atoms with E-state index in [-0.39, 0.29) is 29.3 Å². The standard InChI is InChI=1S/C23H21N3O4S/c1-30-23(29)20-17(8-7-15-9-11-24-12-10-15)14-31-22-19(21(28)26(20)22)25-18(27)13-16-5-3-2-4-6-16/h2-12,19,22H,13-14H2,1H3,(H,25,27)/b8-7+/t19-,22-/m1/s1. The number of aromatic nitrogens is 1. The number of ether oxygens (including phenoxy) is 1. The minimum absolute atomic E-state index is 0.196. The van der Waals surface area contributed by atoms with Crippen molar-refractivity contribution in [3.8, 4) is 0 Å². The molecule has 0 unspecified atom stereocenters. The number of carbonyl (C=O) groups is 3. The molecule has 0 aliphatic carbocycles. The Morgan fingerprint density at radius 3 is 2.65 bits per heavy atom. The van der Waals surface area contributed by atoms with Crippen LogP contribution in [0.5, 0.6) is 0 Å². The van der Waals surface area contributed by atoms with E-state index in [4.69, 9.17) is 4.74 Å². The minimum Gasteiger partial charge on any atom is -0.464 e. The van der Waals surface area contributed by atoms with Crippen LogP contribution in [0.2, 0.25) is 0 Å². The normalized spacial score (nSPS) is 20.3. The van der Waals surface area contributed by atoms with Gasteiger partial charge in [0.15, 0.2) is 0 Å². The van der Waals surface area contributed by atoms with Gasteiger partial charge in [-0.3, -0.25) is 19.5 Å². The molecule has 0 bridgehead atoms. The van der Waals surface area contributed by atoms with Gasteiger partial charge in [0, 0.05) is 18.1 Å². The summed E-state index contributed by atoms with van der Waals surface area (Å²) < 4.78 is 4.94. The number of hydrogen-bond donors (Lipinski definition) is 1. The Morgan fingerprint density at radius 1 is 1.19 bits per heavy atom. The lowest BCUT2D eigenvalue weighted by molar-refractivity contribution is -0.151. The van der Waals surface area contributed by atoms with Crippen LogP contribution < -0.4 is 5.32 Å². The second-order valence-corrected chi connectivity index (χ2v) is 8.20. The number of β-lactam (4-membered cyclic amide) rings is 1. The Hall–Kier alpha value is -3.39. The predicted octanol–water partition coefficient (Wildman–Crippen LogP) is 2.16. The first-order valence-corrected chi connectivity index (χ1v) is 10.8. The molecule has 4 rings (SSSR count). The van der Waals surface area contributed by atoms with Crippen molar-refractivity contribution in [1.82, 2.24) is 15.2 Å². The molecule has 2 aliphatic heterocycles. The largest absolute Gasteiger partial charge is 0.464 e. The summed E-state index contributed by atoms with van der Waals surface area (Å²) in [6.45, 7) is 0. The third-order valence-electron chi connectivity index (χ3n) is 5.08. The molecule has 2 aliphatic rings. The van der Waals surface area contributed by atoms with Crippen LogP contribution in [-0.2, 0) is 25.5 Å². The van der Waals surface area contributed by atoms with Crippen molar-refractivity contribution in [2.75, 3.05) is 12.9 Å². The number of esters is 1. The topological polar surface area (TPSA) is 88.6 Å². The molecule has 8 heteroatoms. The van der Waals surface area contributed by atoms with E-state index in [1.54, 1.807) is 12.4 Å². The van der Waals surface area contributed by atoms with E-state index in [0.717, 1.165) is 11.1 Å². The fraction of sp³-hybridized carbons (Fsp3) is 0.217. The molecule has 1 aromatic heterocycles. The number of hydrogen-bond acceptors (Lipinski definition) is 6. The maximum atomic E-state index is 12.9. The number of fused-ring (bicyclic) bond motifs is 1. The highest BCUT2D eigenvalue weighted by atomic mass is 32.2. The van der Waals surface area contributed by atoms with Crippen LogP contribution >= 0.6 is 11.8 Å². The molecule has 2 atom stereocenters. The molecule has 2 aromatic rings. The Bertz CT molecular complexity index is 1050. The summed E-state index contributed by atoms with van der Waals surface area (Å²) in [5.41, 5.74) is 2.74. The zero-order chi connectivity index (χ0) is 21.8. The number of benzene rings is 1.